The zero-order valence-electron chi connectivity index (χ0n) is 10.7. The van der Waals surface area contributed by atoms with Gasteiger partial charge in [-0.15, -0.1) is 5.92 Å². The van der Waals surface area contributed by atoms with Gasteiger partial charge in [0.05, 0.1) is 0 Å². The van der Waals surface area contributed by atoms with E-state index in [0.717, 1.165) is 17.2 Å². The Kier molecular flexibility index (Phi) is 7.78. The molecule has 0 N–H and O–H groups in total. The van der Waals surface area contributed by atoms with Gasteiger partial charge in [-0.1, -0.05) is 36.8 Å². The van der Waals surface area contributed by atoms with Crippen LogP contribution in [0.3, 0.4) is 0 Å². The van der Waals surface area contributed by atoms with E-state index >= 15 is 0 Å². The van der Waals surface area contributed by atoms with Gasteiger partial charge in [-0.3, -0.25) is 0 Å². The van der Waals surface area contributed by atoms with Gasteiger partial charge >= 0.3 is 23.1 Å². The standard InChI is InChI=1S/C15H13F2.BrH.Mg/c1-10(2)11-3-5-12(6-4-11)14-8-7-13(16)9-15(14)17;;/h3-10H,1H2,2H3;1H;/q-1;;+2/p-1. The Bertz CT molecular complexity index is 524. The minimum Gasteiger partial charge on any atom is -1.00 e. The molecule has 0 saturated heterocycles. The Morgan fingerprint density at radius 3 is 2.05 bits per heavy atom. The van der Waals surface area contributed by atoms with Gasteiger partial charge in [-0.05, 0) is 17.7 Å². The molecule has 0 aromatic heterocycles. The molecule has 1 atom stereocenters. The molecule has 19 heavy (non-hydrogen) atoms. The molecule has 0 aliphatic rings. The van der Waals surface area contributed by atoms with E-state index in [1.54, 1.807) is 0 Å². The van der Waals surface area contributed by atoms with E-state index in [-0.39, 0.29) is 46.0 Å². The molecule has 4 heteroatoms. The number of hydrogen-bond acceptors (Lipinski definition) is 0. The van der Waals surface area contributed by atoms with Gasteiger partial charge in [-0.2, -0.15) is 0 Å². The van der Waals surface area contributed by atoms with Gasteiger partial charge in [0, 0.05) is 11.6 Å². The van der Waals surface area contributed by atoms with Crippen LogP contribution in [0.25, 0.3) is 11.1 Å². The molecule has 2 aromatic carbocycles. The van der Waals surface area contributed by atoms with Crippen molar-refractivity contribution >= 4 is 23.1 Å². The summed E-state index contributed by atoms with van der Waals surface area (Å²) in [5, 5.41) is 0. The molecule has 0 amide bonds. The van der Waals surface area contributed by atoms with Gasteiger partial charge in [0.2, 0.25) is 0 Å². The molecule has 0 fully saturated rings. The molecule has 2 aromatic rings. The molecule has 0 saturated carbocycles. The minimum absolute atomic E-state index is 0. The Labute approximate surface area is 139 Å². The van der Waals surface area contributed by atoms with Crippen molar-refractivity contribution in [3.05, 3.63) is 66.6 Å². The predicted molar refractivity (Wildman–Crippen MR) is 71.3 cm³/mol. The van der Waals surface area contributed by atoms with Crippen LogP contribution in [0.4, 0.5) is 8.78 Å². The summed E-state index contributed by atoms with van der Waals surface area (Å²) in [6, 6.07) is 11.1. The summed E-state index contributed by atoms with van der Waals surface area (Å²) in [7, 11) is 0. The topological polar surface area (TPSA) is 0 Å². The normalized spacial score (nSPS) is 11.2. The summed E-state index contributed by atoms with van der Waals surface area (Å²) in [4.78, 5) is 0. The van der Waals surface area contributed by atoms with Crippen molar-refractivity contribution in [2.75, 3.05) is 0 Å². The zero-order valence-corrected chi connectivity index (χ0v) is 13.7. The number of halogens is 3. The third kappa shape index (κ3) is 4.54. The summed E-state index contributed by atoms with van der Waals surface area (Å²) < 4.78 is 26.3. The summed E-state index contributed by atoms with van der Waals surface area (Å²) in [5.41, 5.74) is 2.25. The molecule has 0 aliphatic heterocycles. The average Bonchev–Trinajstić information content (AvgIpc) is 2.29. The Hall–Kier alpha value is -0.454. The van der Waals surface area contributed by atoms with Crippen molar-refractivity contribution < 1.29 is 25.8 Å². The van der Waals surface area contributed by atoms with Gasteiger partial charge in [-0.25, -0.2) is 8.78 Å². The molecule has 0 spiro atoms. The Morgan fingerprint density at radius 2 is 1.58 bits per heavy atom. The number of hydrogen-bond donors (Lipinski definition) is 0. The molecule has 0 radical (unpaired) electrons. The molecule has 96 valence electrons. The Morgan fingerprint density at radius 1 is 1.00 bits per heavy atom. The predicted octanol–water partition coefficient (Wildman–Crippen LogP) is 1.19. The van der Waals surface area contributed by atoms with Crippen LogP contribution in [0.5, 0.6) is 0 Å². The number of benzene rings is 2. The van der Waals surface area contributed by atoms with Crippen LogP contribution in [0, 0.1) is 18.6 Å². The van der Waals surface area contributed by atoms with Crippen molar-refractivity contribution in [1.82, 2.24) is 0 Å². The van der Waals surface area contributed by atoms with Crippen LogP contribution in [-0.2, 0) is 0 Å². The second-order valence-electron chi connectivity index (χ2n) is 4.15. The largest absolute Gasteiger partial charge is 2.00 e. The van der Waals surface area contributed by atoms with Crippen LogP contribution in [0.15, 0.2) is 42.5 Å². The molecular formula is C15H13BrF2Mg. The van der Waals surface area contributed by atoms with E-state index in [4.69, 9.17) is 0 Å². The second-order valence-corrected chi connectivity index (χ2v) is 4.15. The van der Waals surface area contributed by atoms with Crippen molar-refractivity contribution in [2.45, 2.75) is 12.8 Å². The molecule has 0 heterocycles. The van der Waals surface area contributed by atoms with Crippen molar-refractivity contribution in [1.29, 1.82) is 0 Å². The fourth-order valence-electron chi connectivity index (χ4n) is 1.71. The first-order valence-electron chi connectivity index (χ1n) is 5.46. The first kappa shape index (κ1) is 18.5. The molecule has 0 bridgehead atoms. The number of rotatable bonds is 2. The van der Waals surface area contributed by atoms with Gasteiger partial charge in [0.1, 0.15) is 11.6 Å². The van der Waals surface area contributed by atoms with Gasteiger partial charge in [0.25, 0.3) is 0 Å². The monoisotopic (exact) mass is 334 g/mol. The van der Waals surface area contributed by atoms with Crippen molar-refractivity contribution in [3.8, 4) is 11.1 Å². The third-order valence-electron chi connectivity index (χ3n) is 2.72. The van der Waals surface area contributed by atoms with Gasteiger partial charge in [0.15, 0.2) is 0 Å². The van der Waals surface area contributed by atoms with E-state index in [1.807, 2.05) is 31.2 Å². The minimum atomic E-state index is -0.561. The maximum absolute atomic E-state index is 13.5. The zero-order chi connectivity index (χ0) is 12.4. The molecule has 1 unspecified atom stereocenters. The van der Waals surface area contributed by atoms with Crippen LogP contribution >= 0.6 is 0 Å². The van der Waals surface area contributed by atoms with E-state index < -0.39 is 11.6 Å². The van der Waals surface area contributed by atoms with E-state index in [9.17, 15) is 8.78 Å². The quantitative estimate of drug-likeness (QED) is 0.571. The van der Waals surface area contributed by atoms with Crippen molar-refractivity contribution in [2.24, 2.45) is 0 Å². The SMILES string of the molecule is [Br-].[CH2-]C(C)c1ccc(-c2ccc(F)cc2F)cc1.[Mg+2]. The molecule has 2 rings (SSSR count). The summed E-state index contributed by atoms with van der Waals surface area (Å²) in [6.45, 7) is 5.91. The average molecular weight is 335 g/mol. The maximum atomic E-state index is 13.5. The molecule has 0 nitrogen and oxygen atoms in total. The van der Waals surface area contributed by atoms with Crippen LogP contribution in [0.2, 0.25) is 0 Å². The Balaban J connectivity index is 0.00000162. The maximum Gasteiger partial charge on any atom is 2.00 e. The summed E-state index contributed by atoms with van der Waals surface area (Å²) >= 11 is 0. The van der Waals surface area contributed by atoms with E-state index in [1.165, 1.54) is 12.1 Å². The van der Waals surface area contributed by atoms with Gasteiger partial charge < -0.3 is 23.9 Å². The summed E-state index contributed by atoms with van der Waals surface area (Å²) in [6.07, 6.45) is 0. The first-order valence-corrected chi connectivity index (χ1v) is 5.46. The second kappa shape index (κ2) is 7.97. The smallest absolute Gasteiger partial charge is 1.00 e. The fourth-order valence-corrected chi connectivity index (χ4v) is 1.71. The van der Waals surface area contributed by atoms with Crippen LogP contribution < -0.4 is 17.0 Å². The van der Waals surface area contributed by atoms with Crippen LogP contribution in [0.1, 0.15) is 18.4 Å². The summed E-state index contributed by atoms with van der Waals surface area (Å²) in [5.74, 6) is -0.906. The fraction of sp³-hybridized carbons (Fsp3) is 0.133. The van der Waals surface area contributed by atoms with Crippen LogP contribution in [-0.4, -0.2) is 23.1 Å². The first-order chi connectivity index (χ1) is 8.08. The molecular weight excluding hydrogens is 322 g/mol. The molecule has 0 aliphatic carbocycles. The third-order valence-corrected chi connectivity index (χ3v) is 2.72. The van der Waals surface area contributed by atoms with E-state index in [2.05, 4.69) is 6.92 Å². The van der Waals surface area contributed by atoms with Crippen molar-refractivity contribution in [3.63, 3.8) is 0 Å². The van der Waals surface area contributed by atoms with E-state index in [0.29, 0.717) is 5.56 Å².